The molecule has 3 N–H and O–H groups in total. The van der Waals surface area contributed by atoms with Crippen LogP contribution in [0.25, 0.3) is 11.1 Å². The van der Waals surface area contributed by atoms with E-state index in [0.29, 0.717) is 12.3 Å². The average Bonchev–Trinajstić information content (AvgIpc) is 3.60. The minimum absolute atomic E-state index is 0.0375. The largest absolute Gasteiger partial charge is 0.480 e. The number of amides is 2. The zero-order valence-electron chi connectivity index (χ0n) is 19.7. The number of aliphatic carboxylic acids is 1. The van der Waals surface area contributed by atoms with E-state index in [1.165, 1.54) is 6.92 Å². The molecule has 2 amide bonds. The predicted octanol–water partition coefficient (Wildman–Crippen LogP) is 4.31. The molecule has 0 bridgehead atoms. The van der Waals surface area contributed by atoms with Crippen LogP contribution in [0, 0.1) is 11.8 Å². The van der Waals surface area contributed by atoms with Crippen LogP contribution in [0.15, 0.2) is 48.5 Å². The molecule has 2 aromatic carbocycles. The Morgan fingerprint density at radius 1 is 1.06 bits per heavy atom. The maximum absolute atomic E-state index is 12.9. The van der Waals surface area contributed by atoms with Gasteiger partial charge in [-0.15, -0.1) is 0 Å². The Hall–Kier alpha value is -3.35. The first-order chi connectivity index (χ1) is 16.3. The molecular weight excluding hydrogens is 432 g/mol. The van der Waals surface area contributed by atoms with Crippen LogP contribution in [0.2, 0.25) is 0 Å². The fourth-order valence-corrected chi connectivity index (χ4v) is 4.56. The zero-order valence-corrected chi connectivity index (χ0v) is 19.7. The van der Waals surface area contributed by atoms with Crippen LogP contribution < -0.4 is 10.6 Å². The maximum Gasteiger partial charge on any atom is 0.407 e. The summed E-state index contributed by atoms with van der Waals surface area (Å²) < 4.78 is 5.57. The lowest BCUT2D eigenvalue weighted by molar-refractivity contribution is -0.147. The third-order valence-corrected chi connectivity index (χ3v) is 7.10. The van der Waals surface area contributed by atoms with Crippen molar-refractivity contribution < 1.29 is 24.2 Å². The Morgan fingerprint density at radius 3 is 2.18 bits per heavy atom. The fourth-order valence-electron chi connectivity index (χ4n) is 4.56. The molecule has 2 unspecified atom stereocenters. The number of fused-ring (bicyclic) bond motifs is 3. The van der Waals surface area contributed by atoms with Gasteiger partial charge in [0.2, 0.25) is 5.91 Å². The van der Waals surface area contributed by atoms with Crippen LogP contribution in [0.3, 0.4) is 0 Å². The Bertz CT molecular complexity index is 1030. The monoisotopic (exact) mass is 464 g/mol. The first-order valence-electron chi connectivity index (χ1n) is 12.0. The number of nitrogens with one attached hydrogen (secondary N) is 2. The van der Waals surface area contributed by atoms with Gasteiger partial charge in [0.05, 0.1) is 5.92 Å². The number of carbonyl (C=O) groups is 3. The highest BCUT2D eigenvalue weighted by Gasteiger charge is 2.37. The summed E-state index contributed by atoms with van der Waals surface area (Å²) >= 11 is 0. The summed E-state index contributed by atoms with van der Waals surface area (Å²) in [5.41, 5.74) is 3.25. The number of carbonyl (C=O) groups excluding carboxylic acids is 2. The van der Waals surface area contributed by atoms with E-state index in [9.17, 15) is 19.5 Å². The van der Waals surface area contributed by atoms with Crippen LogP contribution in [0.1, 0.15) is 56.6 Å². The van der Waals surface area contributed by atoms with Crippen molar-refractivity contribution in [3.05, 3.63) is 59.7 Å². The van der Waals surface area contributed by atoms with Gasteiger partial charge in [0.1, 0.15) is 12.1 Å². The lowest BCUT2D eigenvalue weighted by Gasteiger charge is -2.27. The van der Waals surface area contributed by atoms with Gasteiger partial charge in [-0.25, -0.2) is 9.59 Å². The maximum atomic E-state index is 12.9. The topological polar surface area (TPSA) is 105 Å². The van der Waals surface area contributed by atoms with Gasteiger partial charge < -0.3 is 20.5 Å². The van der Waals surface area contributed by atoms with Gasteiger partial charge in [0.15, 0.2) is 0 Å². The molecule has 7 nitrogen and oxygen atoms in total. The third-order valence-electron chi connectivity index (χ3n) is 7.10. The summed E-state index contributed by atoms with van der Waals surface area (Å²) in [4.78, 5) is 37.0. The van der Waals surface area contributed by atoms with Gasteiger partial charge in [-0.1, -0.05) is 68.3 Å². The number of rotatable bonds is 10. The molecule has 34 heavy (non-hydrogen) atoms. The van der Waals surface area contributed by atoms with E-state index in [1.54, 1.807) is 6.92 Å². The van der Waals surface area contributed by atoms with Crippen molar-refractivity contribution in [2.24, 2.45) is 11.8 Å². The first kappa shape index (κ1) is 23.8. The summed E-state index contributed by atoms with van der Waals surface area (Å²) in [5, 5.41) is 14.9. The van der Waals surface area contributed by atoms with Crippen LogP contribution in [-0.2, 0) is 14.3 Å². The van der Waals surface area contributed by atoms with E-state index in [4.69, 9.17) is 4.74 Å². The number of carboxylic acid groups (broad SMARTS) is 1. The average molecular weight is 465 g/mol. The molecule has 4 rings (SSSR count). The Kier molecular flexibility index (Phi) is 6.91. The summed E-state index contributed by atoms with van der Waals surface area (Å²) in [6, 6.07) is 16.3. The molecule has 0 heterocycles. The summed E-state index contributed by atoms with van der Waals surface area (Å²) in [6.07, 6.45) is 2.42. The fraction of sp³-hybridized carbons (Fsp3) is 0.444. The number of carboxylic acids is 1. The van der Waals surface area contributed by atoms with Crippen molar-refractivity contribution in [1.82, 2.24) is 10.6 Å². The first-order valence-corrected chi connectivity index (χ1v) is 12.0. The second-order valence-electron chi connectivity index (χ2n) is 9.56. The second-order valence-corrected chi connectivity index (χ2v) is 9.56. The highest BCUT2D eigenvalue weighted by Crippen LogP contribution is 2.44. The number of alkyl carbamates (subject to hydrolysis) is 1. The van der Waals surface area contributed by atoms with Crippen molar-refractivity contribution in [2.45, 2.75) is 51.0 Å². The van der Waals surface area contributed by atoms with E-state index in [1.807, 2.05) is 24.3 Å². The van der Waals surface area contributed by atoms with Crippen LogP contribution in [0.5, 0.6) is 0 Å². The minimum Gasteiger partial charge on any atom is -0.480 e. The number of hydrogen-bond acceptors (Lipinski definition) is 4. The van der Waals surface area contributed by atoms with Crippen LogP contribution in [-0.4, -0.2) is 41.8 Å². The Balaban J connectivity index is 1.36. The van der Waals surface area contributed by atoms with Crippen molar-refractivity contribution in [3.63, 3.8) is 0 Å². The highest BCUT2D eigenvalue weighted by atomic mass is 16.5. The predicted molar refractivity (Wildman–Crippen MR) is 128 cm³/mol. The molecule has 0 radical (unpaired) electrons. The molecule has 2 atom stereocenters. The third kappa shape index (κ3) is 5.08. The molecule has 0 spiro atoms. The molecule has 7 heteroatoms. The van der Waals surface area contributed by atoms with E-state index in [-0.39, 0.29) is 31.4 Å². The lowest BCUT2D eigenvalue weighted by Crippen LogP contribution is -2.54. The van der Waals surface area contributed by atoms with E-state index < -0.39 is 23.5 Å². The van der Waals surface area contributed by atoms with Crippen molar-refractivity contribution in [1.29, 1.82) is 0 Å². The molecule has 2 aliphatic rings. The molecule has 2 aromatic rings. The number of ether oxygens (including phenoxy) is 1. The molecule has 0 saturated heterocycles. The number of hydrogen-bond donors (Lipinski definition) is 3. The SMILES string of the molecule is CCC(C)(NC(=O)C(CNC(=O)OCC1c2ccccc2-c2ccccc21)CC1CC1)C(=O)O. The van der Waals surface area contributed by atoms with Crippen molar-refractivity contribution in [2.75, 3.05) is 13.2 Å². The van der Waals surface area contributed by atoms with Gasteiger partial charge in [0.25, 0.3) is 0 Å². The van der Waals surface area contributed by atoms with Gasteiger partial charge in [-0.3, -0.25) is 4.79 Å². The zero-order chi connectivity index (χ0) is 24.3. The molecule has 2 aliphatic carbocycles. The molecule has 1 saturated carbocycles. The van der Waals surface area contributed by atoms with E-state index in [0.717, 1.165) is 35.1 Å². The summed E-state index contributed by atoms with van der Waals surface area (Å²) in [5.74, 6) is -1.52. The smallest absolute Gasteiger partial charge is 0.407 e. The second kappa shape index (κ2) is 9.87. The van der Waals surface area contributed by atoms with Crippen LogP contribution >= 0.6 is 0 Å². The quantitative estimate of drug-likeness (QED) is 0.486. The van der Waals surface area contributed by atoms with Crippen molar-refractivity contribution in [3.8, 4) is 11.1 Å². The normalized spacial score (nSPS) is 17.1. The van der Waals surface area contributed by atoms with Gasteiger partial charge in [-0.05, 0) is 47.9 Å². The van der Waals surface area contributed by atoms with Gasteiger partial charge >= 0.3 is 12.1 Å². The molecular formula is C27H32N2O5. The van der Waals surface area contributed by atoms with Gasteiger partial charge in [-0.2, -0.15) is 0 Å². The molecule has 0 aromatic heterocycles. The van der Waals surface area contributed by atoms with Gasteiger partial charge in [0, 0.05) is 12.5 Å². The van der Waals surface area contributed by atoms with E-state index in [2.05, 4.69) is 34.9 Å². The van der Waals surface area contributed by atoms with Crippen molar-refractivity contribution >= 4 is 18.0 Å². The lowest BCUT2D eigenvalue weighted by atomic mass is 9.95. The molecule has 1 fully saturated rings. The molecule has 0 aliphatic heterocycles. The number of benzene rings is 2. The summed E-state index contributed by atoms with van der Waals surface area (Å²) in [6.45, 7) is 3.53. The standard InChI is InChI=1S/C27H32N2O5/c1-3-27(2,25(31)32)29-24(30)18(14-17-12-13-17)15-28-26(33)34-16-23-21-10-6-4-8-19(21)20-9-5-7-11-22(20)23/h4-11,17-18,23H,3,12-16H2,1-2H3,(H,28,33)(H,29,30)(H,31,32). The minimum atomic E-state index is -1.33. The summed E-state index contributed by atoms with van der Waals surface area (Å²) in [7, 11) is 0. The van der Waals surface area contributed by atoms with Crippen LogP contribution in [0.4, 0.5) is 4.79 Å². The molecule has 180 valence electrons. The van der Waals surface area contributed by atoms with E-state index >= 15 is 0 Å². The Morgan fingerprint density at radius 2 is 1.65 bits per heavy atom. The Labute approximate surface area is 199 Å². The highest BCUT2D eigenvalue weighted by molar-refractivity contribution is 5.88.